The molecule has 0 radical (unpaired) electrons. The maximum atomic E-state index is 13.5. The van der Waals surface area contributed by atoms with Crippen LogP contribution in [0.4, 0.5) is 10.1 Å². The van der Waals surface area contributed by atoms with Crippen LogP contribution >= 0.6 is 12.2 Å². The molecule has 0 saturated heterocycles. The van der Waals surface area contributed by atoms with Gasteiger partial charge in [0, 0.05) is 11.8 Å². The molecule has 23 heavy (non-hydrogen) atoms. The summed E-state index contributed by atoms with van der Waals surface area (Å²) < 4.78 is 19.1. The number of thiocarbonyl (C=S) groups is 1. The zero-order valence-corrected chi connectivity index (χ0v) is 13.5. The van der Waals surface area contributed by atoms with Crippen molar-refractivity contribution >= 4 is 28.9 Å². The smallest absolute Gasteiger partial charge is 0.260 e. The Balaban J connectivity index is 1.97. The molecule has 2 aromatic rings. The molecule has 0 aromatic heterocycles. The van der Waals surface area contributed by atoms with Crippen LogP contribution in [0, 0.1) is 5.82 Å². The summed E-state index contributed by atoms with van der Waals surface area (Å²) in [5.74, 6) is -0.484. The fraction of sp³-hybridized carbons (Fsp3) is 0.176. The van der Waals surface area contributed by atoms with Gasteiger partial charge in [-0.15, -0.1) is 0 Å². The second-order valence-corrected chi connectivity index (χ2v) is 5.17. The molecular weight excluding hydrogens is 315 g/mol. The van der Waals surface area contributed by atoms with Crippen molar-refractivity contribution in [2.24, 2.45) is 0 Å². The lowest BCUT2D eigenvalue weighted by Gasteiger charge is -2.11. The number of carbonyl (C=O) groups excluding carboxylic acids is 1. The van der Waals surface area contributed by atoms with Crippen LogP contribution in [0.15, 0.2) is 48.5 Å². The van der Waals surface area contributed by atoms with Gasteiger partial charge in [-0.05, 0) is 42.9 Å². The van der Waals surface area contributed by atoms with Crippen molar-refractivity contribution in [3.05, 3.63) is 59.9 Å². The molecule has 1 amide bonds. The molecule has 0 bridgehead atoms. The van der Waals surface area contributed by atoms with E-state index in [-0.39, 0.29) is 10.7 Å². The molecule has 4 nitrogen and oxygen atoms in total. The molecule has 2 N–H and O–H groups in total. The van der Waals surface area contributed by atoms with Gasteiger partial charge < -0.3 is 10.1 Å². The molecule has 120 valence electrons. The number of anilines is 1. The monoisotopic (exact) mass is 332 g/mol. The van der Waals surface area contributed by atoms with Crippen molar-refractivity contribution in [2.45, 2.75) is 13.3 Å². The normalized spacial score (nSPS) is 10.0. The number of ether oxygens (including phenoxy) is 1. The van der Waals surface area contributed by atoms with Crippen molar-refractivity contribution in [3.8, 4) is 5.75 Å². The maximum Gasteiger partial charge on any atom is 0.260 e. The third-order valence-electron chi connectivity index (χ3n) is 2.91. The van der Waals surface area contributed by atoms with E-state index < -0.39 is 11.7 Å². The van der Waals surface area contributed by atoms with E-state index in [2.05, 4.69) is 10.6 Å². The lowest BCUT2D eigenvalue weighted by Crippen LogP contribution is -2.34. The van der Waals surface area contributed by atoms with Gasteiger partial charge >= 0.3 is 0 Å². The van der Waals surface area contributed by atoms with E-state index in [0.717, 1.165) is 6.42 Å². The number of nitrogens with one attached hydrogen (secondary N) is 2. The SMILES string of the molecule is CCCOc1cccc(NC(=S)NC(=O)c2ccccc2F)c1. The minimum Gasteiger partial charge on any atom is -0.494 e. The third-order valence-corrected chi connectivity index (χ3v) is 3.11. The molecule has 0 heterocycles. The van der Waals surface area contributed by atoms with Crippen molar-refractivity contribution in [3.63, 3.8) is 0 Å². The third kappa shape index (κ3) is 5.03. The molecule has 0 saturated carbocycles. The zero-order valence-electron chi connectivity index (χ0n) is 12.6. The molecule has 0 aliphatic carbocycles. The maximum absolute atomic E-state index is 13.5. The average Bonchev–Trinajstić information content (AvgIpc) is 2.53. The molecule has 0 spiro atoms. The Hall–Kier alpha value is -2.47. The number of rotatable bonds is 5. The highest BCUT2D eigenvalue weighted by atomic mass is 32.1. The van der Waals surface area contributed by atoms with Crippen LogP contribution in [-0.4, -0.2) is 17.6 Å². The molecule has 0 aliphatic heterocycles. The van der Waals surface area contributed by atoms with E-state index in [4.69, 9.17) is 17.0 Å². The van der Waals surface area contributed by atoms with Gasteiger partial charge in [0.25, 0.3) is 5.91 Å². The minimum atomic E-state index is -0.598. The van der Waals surface area contributed by atoms with Crippen molar-refractivity contribution in [1.29, 1.82) is 0 Å². The van der Waals surface area contributed by atoms with Crippen LogP contribution in [-0.2, 0) is 0 Å². The first kappa shape index (κ1) is 16.9. The quantitative estimate of drug-likeness (QED) is 0.819. The molecule has 0 atom stereocenters. The summed E-state index contributed by atoms with van der Waals surface area (Å²) in [7, 11) is 0. The number of carbonyl (C=O) groups is 1. The fourth-order valence-electron chi connectivity index (χ4n) is 1.86. The zero-order chi connectivity index (χ0) is 16.7. The van der Waals surface area contributed by atoms with Gasteiger partial charge in [-0.1, -0.05) is 25.1 Å². The van der Waals surface area contributed by atoms with Crippen LogP contribution < -0.4 is 15.4 Å². The van der Waals surface area contributed by atoms with Gasteiger partial charge in [0.05, 0.1) is 12.2 Å². The van der Waals surface area contributed by atoms with Crippen molar-refractivity contribution < 1.29 is 13.9 Å². The number of hydrogen-bond donors (Lipinski definition) is 2. The molecular formula is C17H17FN2O2S. The topological polar surface area (TPSA) is 50.4 Å². The summed E-state index contributed by atoms with van der Waals surface area (Å²) in [4.78, 5) is 12.0. The van der Waals surface area contributed by atoms with Gasteiger partial charge in [0.1, 0.15) is 11.6 Å². The summed E-state index contributed by atoms with van der Waals surface area (Å²) in [6.45, 7) is 2.65. The standard InChI is InChI=1S/C17H17FN2O2S/c1-2-10-22-13-7-5-6-12(11-13)19-17(23)20-16(21)14-8-3-4-9-15(14)18/h3-9,11H,2,10H2,1H3,(H2,19,20,21,23). The van der Waals surface area contributed by atoms with Crippen molar-refractivity contribution in [2.75, 3.05) is 11.9 Å². The minimum absolute atomic E-state index is 0.0586. The van der Waals surface area contributed by atoms with E-state index in [1.807, 2.05) is 19.1 Å². The summed E-state index contributed by atoms with van der Waals surface area (Å²) in [5, 5.41) is 5.41. The summed E-state index contributed by atoms with van der Waals surface area (Å²) in [6, 6.07) is 12.9. The first-order valence-corrected chi connectivity index (χ1v) is 7.60. The van der Waals surface area contributed by atoms with E-state index in [0.29, 0.717) is 18.0 Å². The van der Waals surface area contributed by atoms with E-state index in [1.165, 1.54) is 18.2 Å². The van der Waals surface area contributed by atoms with Crippen LogP contribution in [0.5, 0.6) is 5.75 Å². The van der Waals surface area contributed by atoms with Gasteiger partial charge in [-0.25, -0.2) is 4.39 Å². The Kier molecular flexibility index (Phi) is 6.05. The Labute approximate surface area is 139 Å². The molecule has 2 aromatic carbocycles. The second-order valence-electron chi connectivity index (χ2n) is 4.76. The Bertz CT molecular complexity index is 706. The predicted molar refractivity (Wildman–Crippen MR) is 92.3 cm³/mol. The van der Waals surface area contributed by atoms with Gasteiger partial charge in [-0.2, -0.15) is 0 Å². The van der Waals surface area contributed by atoms with Gasteiger partial charge in [0.2, 0.25) is 0 Å². The molecule has 2 rings (SSSR count). The number of amides is 1. The van der Waals surface area contributed by atoms with E-state index in [9.17, 15) is 9.18 Å². The summed E-state index contributed by atoms with van der Waals surface area (Å²) >= 11 is 5.08. The molecule has 0 aliphatic rings. The Morgan fingerprint density at radius 2 is 2.00 bits per heavy atom. The second kappa shape index (κ2) is 8.24. The number of benzene rings is 2. The highest BCUT2D eigenvalue weighted by molar-refractivity contribution is 7.80. The first-order valence-electron chi connectivity index (χ1n) is 7.20. The highest BCUT2D eigenvalue weighted by Gasteiger charge is 2.12. The Morgan fingerprint density at radius 1 is 1.22 bits per heavy atom. The number of hydrogen-bond acceptors (Lipinski definition) is 3. The molecule has 0 fully saturated rings. The Morgan fingerprint density at radius 3 is 2.74 bits per heavy atom. The van der Waals surface area contributed by atoms with Gasteiger partial charge in [-0.3, -0.25) is 10.1 Å². The average molecular weight is 332 g/mol. The number of halogens is 1. The lowest BCUT2D eigenvalue weighted by molar-refractivity contribution is 0.0974. The fourth-order valence-corrected chi connectivity index (χ4v) is 2.07. The van der Waals surface area contributed by atoms with Crippen LogP contribution in [0.1, 0.15) is 23.7 Å². The van der Waals surface area contributed by atoms with Crippen molar-refractivity contribution in [1.82, 2.24) is 5.32 Å². The predicted octanol–water partition coefficient (Wildman–Crippen LogP) is 3.74. The van der Waals surface area contributed by atoms with Crippen LogP contribution in [0.25, 0.3) is 0 Å². The van der Waals surface area contributed by atoms with E-state index >= 15 is 0 Å². The van der Waals surface area contributed by atoms with Crippen LogP contribution in [0.3, 0.4) is 0 Å². The lowest BCUT2D eigenvalue weighted by atomic mass is 10.2. The summed E-state index contributed by atoms with van der Waals surface area (Å²) in [5.41, 5.74) is 0.620. The van der Waals surface area contributed by atoms with Gasteiger partial charge in [0.15, 0.2) is 5.11 Å². The summed E-state index contributed by atoms with van der Waals surface area (Å²) in [6.07, 6.45) is 0.911. The highest BCUT2D eigenvalue weighted by Crippen LogP contribution is 2.17. The van der Waals surface area contributed by atoms with E-state index in [1.54, 1.807) is 18.2 Å². The largest absolute Gasteiger partial charge is 0.494 e. The molecule has 6 heteroatoms. The molecule has 0 unspecified atom stereocenters. The first-order chi connectivity index (χ1) is 11.1. The van der Waals surface area contributed by atoms with Crippen LogP contribution in [0.2, 0.25) is 0 Å².